The summed E-state index contributed by atoms with van der Waals surface area (Å²) in [5.41, 5.74) is 0.766. The van der Waals surface area contributed by atoms with Crippen LogP contribution in [0.4, 0.5) is 0 Å². The smallest absolute Gasteiger partial charge is 0.0165 e. The molecule has 328 valence electrons. The lowest BCUT2D eigenvalue weighted by Crippen LogP contribution is -2.67. The van der Waals surface area contributed by atoms with Crippen molar-refractivity contribution in [3.8, 4) is 0 Å². The van der Waals surface area contributed by atoms with Gasteiger partial charge >= 0.3 is 0 Å². The van der Waals surface area contributed by atoms with Gasteiger partial charge in [-0.25, -0.2) is 0 Å². The van der Waals surface area contributed by atoms with Crippen molar-refractivity contribution in [1.82, 2.24) is 0 Å². The van der Waals surface area contributed by atoms with Crippen LogP contribution >= 0.6 is 0 Å². The van der Waals surface area contributed by atoms with E-state index in [-0.39, 0.29) is 0 Å². The Hall–Kier alpha value is 0. The summed E-state index contributed by atoms with van der Waals surface area (Å²) in [6.45, 7) is 5.70. The molecule has 0 aromatic heterocycles. The molecule has 0 bridgehead atoms. The molecule has 59 heavy (non-hydrogen) atoms. The molecule has 0 aliphatic heterocycles. The summed E-state index contributed by atoms with van der Waals surface area (Å²) in [6, 6.07) is 0. The van der Waals surface area contributed by atoms with Crippen molar-refractivity contribution >= 4 is 0 Å². The van der Waals surface area contributed by atoms with Gasteiger partial charge in [0.25, 0.3) is 0 Å². The molecule has 14 saturated carbocycles. The summed E-state index contributed by atoms with van der Waals surface area (Å²) >= 11 is 0. The highest BCUT2D eigenvalue weighted by molar-refractivity contribution is 5.27. The van der Waals surface area contributed by atoms with Gasteiger partial charge in [-0.15, -0.1) is 0 Å². The lowest BCUT2D eigenvalue weighted by atomic mass is 9.33. The minimum absolute atomic E-state index is 0.766. The van der Waals surface area contributed by atoms with E-state index in [9.17, 15) is 0 Å². The molecule has 14 fully saturated rings. The van der Waals surface area contributed by atoms with Crippen LogP contribution in [0.3, 0.4) is 0 Å². The van der Waals surface area contributed by atoms with Gasteiger partial charge in [0.15, 0.2) is 0 Å². The van der Waals surface area contributed by atoms with Crippen molar-refractivity contribution in [2.24, 2.45) is 159 Å². The van der Waals surface area contributed by atoms with Crippen molar-refractivity contribution in [2.45, 2.75) is 206 Å². The fourth-order valence-corrected chi connectivity index (χ4v) is 26.7. The van der Waals surface area contributed by atoms with E-state index in [1.807, 2.05) is 0 Å². The van der Waals surface area contributed by atoms with Crippen molar-refractivity contribution < 1.29 is 0 Å². The van der Waals surface area contributed by atoms with Crippen LogP contribution in [-0.2, 0) is 0 Å². The van der Waals surface area contributed by atoms with E-state index in [4.69, 9.17) is 0 Å². The van der Waals surface area contributed by atoms with Crippen molar-refractivity contribution in [3.63, 3.8) is 0 Å². The second-order valence-electron chi connectivity index (χ2n) is 27.6. The van der Waals surface area contributed by atoms with Crippen molar-refractivity contribution in [2.75, 3.05) is 0 Å². The molecular formula is C59H92. The lowest BCUT2D eigenvalue weighted by molar-refractivity contribution is -0.241. The van der Waals surface area contributed by atoms with Gasteiger partial charge < -0.3 is 0 Å². The average Bonchev–Trinajstić information content (AvgIpc) is 4.00. The molecule has 14 aliphatic rings. The van der Waals surface area contributed by atoms with Crippen LogP contribution in [-0.4, -0.2) is 0 Å². The molecule has 24 atom stereocenters. The van der Waals surface area contributed by atoms with Gasteiger partial charge in [0, 0.05) is 0 Å². The maximum atomic E-state index is 2.88. The van der Waals surface area contributed by atoms with E-state index < -0.39 is 0 Å². The predicted octanol–water partition coefficient (Wildman–Crippen LogP) is 15.9. The first-order valence-electron chi connectivity index (χ1n) is 29.1. The third kappa shape index (κ3) is 5.20. The highest BCUT2D eigenvalue weighted by Gasteiger charge is 2.80. The molecule has 0 aromatic rings. The van der Waals surface area contributed by atoms with Crippen LogP contribution in [0.25, 0.3) is 0 Å². The highest BCUT2D eigenvalue weighted by Crippen LogP contribution is 2.85. The van der Waals surface area contributed by atoms with Crippen molar-refractivity contribution in [1.29, 1.82) is 0 Å². The van der Waals surface area contributed by atoms with E-state index in [0.29, 0.717) is 0 Å². The molecule has 1 spiro atoms. The number of hydrogen-bond acceptors (Lipinski definition) is 0. The molecule has 0 aromatic carbocycles. The average molecular weight is 801 g/mol. The first-order valence-corrected chi connectivity index (χ1v) is 29.1. The third-order valence-electron chi connectivity index (χ3n) is 26.7. The molecule has 0 radical (unpaired) electrons. The van der Waals surface area contributed by atoms with Crippen LogP contribution in [0.2, 0.25) is 0 Å². The van der Waals surface area contributed by atoms with Gasteiger partial charge in [0.2, 0.25) is 0 Å². The van der Waals surface area contributed by atoms with Crippen LogP contribution in [0.1, 0.15) is 206 Å². The Bertz CT molecular complexity index is 1500. The number of rotatable bonds is 3. The van der Waals surface area contributed by atoms with Gasteiger partial charge in [-0.1, -0.05) is 117 Å². The minimum Gasteiger partial charge on any atom is -0.0622 e. The first kappa shape index (κ1) is 38.3. The summed E-state index contributed by atoms with van der Waals surface area (Å²) in [6.07, 6.45) is 49.1. The topological polar surface area (TPSA) is 0 Å². The van der Waals surface area contributed by atoms with E-state index in [1.54, 1.807) is 193 Å². The molecule has 0 heterocycles. The van der Waals surface area contributed by atoms with Crippen LogP contribution < -0.4 is 0 Å². The molecule has 14 aliphatic carbocycles. The molecule has 0 saturated heterocycles. The summed E-state index contributed by atoms with van der Waals surface area (Å²) in [7, 11) is 0. The van der Waals surface area contributed by atoms with Crippen LogP contribution in [0.5, 0.6) is 0 Å². The second kappa shape index (κ2) is 14.5. The zero-order chi connectivity index (χ0) is 38.7. The fourth-order valence-electron chi connectivity index (χ4n) is 26.7. The Labute approximate surface area is 364 Å². The third-order valence-corrected chi connectivity index (χ3v) is 26.7. The zero-order valence-electron chi connectivity index (χ0n) is 38.7. The second-order valence-corrected chi connectivity index (χ2v) is 27.6. The zero-order valence-corrected chi connectivity index (χ0v) is 38.7. The van der Waals surface area contributed by atoms with Crippen LogP contribution in [0, 0.1) is 159 Å². The van der Waals surface area contributed by atoms with Gasteiger partial charge in [-0.3, -0.25) is 0 Å². The van der Waals surface area contributed by atoms with E-state index in [0.717, 1.165) is 147 Å². The summed E-state index contributed by atoms with van der Waals surface area (Å²) < 4.78 is 0. The maximum Gasteiger partial charge on any atom is -0.0165 e. The van der Waals surface area contributed by atoms with Gasteiger partial charge in [0.1, 0.15) is 0 Å². The van der Waals surface area contributed by atoms with E-state index in [1.165, 1.54) is 11.8 Å². The standard InChI is InChI=1S/C59H92/c1-33-30-34(2)56-50(33)47-25-11-18-38-31-39-26-28-46-42-19-9-10-20-43(42)54-48-32-37(27-29-49(48)59(56,57(38)47)58(39)55(46)54)51-52-40(35-14-5-3-6-15-35)21-12-23-44(52)45-24-13-22-41(53(45)51)36-16-7-4-8-17-36/h33-58H,3-32H2,1-2H3. The monoisotopic (exact) mass is 801 g/mol. The Morgan fingerprint density at radius 2 is 0.763 bits per heavy atom. The summed E-state index contributed by atoms with van der Waals surface area (Å²) in [5, 5.41) is 0. The molecule has 0 nitrogen and oxygen atoms in total. The maximum absolute atomic E-state index is 2.88. The van der Waals surface area contributed by atoms with E-state index >= 15 is 0 Å². The van der Waals surface area contributed by atoms with E-state index in [2.05, 4.69) is 13.8 Å². The SMILES string of the molecule is CC1CC(C)C2C1C1CCCC3CC4CCC5C6CCCCC6C6C7CC(C8C9C(C%10CCCCC%10)CCCC9C9CCCC(C%10CCCCC%10)C98)CCC7C2(C31)C4C56. The first-order chi connectivity index (χ1) is 29.1. The van der Waals surface area contributed by atoms with Crippen LogP contribution in [0.15, 0.2) is 0 Å². The molecule has 0 N–H and O–H groups in total. The Morgan fingerprint density at radius 1 is 0.254 bits per heavy atom. The minimum atomic E-state index is 0.766. The summed E-state index contributed by atoms with van der Waals surface area (Å²) in [5.74, 6) is 29.4. The molecule has 0 heteroatoms. The number of hydrogen-bond donors (Lipinski definition) is 0. The molecule has 24 unspecified atom stereocenters. The quantitative estimate of drug-likeness (QED) is 0.267. The van der Waals surface area contributed by atoms with Gasteiger partial charge in [-0.05, 0) is 249 Å². The molecule has 14 rings (SSSR count). The normalized spacial score (nSPS) is 61.3. The highest BCUT2D eigenvalue weighted by atomic mass is 14.8. The van der Waals surface area contributed by atoms with Gasteiger partial charge in [0.05, 0.1) is 0 Å². The fraction of sp³-hybridized carbons (Fsp3) is 1.00. The Morgan fingerprint density at radius 3 is 1.47 bits per heavy atom. The predicted molar refractivity (Wildman–Crippen MR) is 243 cm³/mol. The molecular weight excluding hydrogens is 709 g/mol. The van der Waals surface area contributed by atoms with Crippen molar-refractivity contribution in [3.05, 3.63) is 0 Å². The Kier molecular flexibility index (Phi) is 9.41. The molecule has 0 amide bonds. The number of fused-ring (bicyclic) bond motifs is 10. The Balaban J connectivity index is 0.905. The van der Waals surface area contributed by atoms with Gasteiger partial charge in [-0.2, -0.15) is 0 Å². The lowest BCUT2D eigenvalue weighted by Gasteiger charge is -2.71. The largest absolute Gasteiger partial charge is 0.0622 e. The summed E-state index contributed by atoms with van der Waals surface area (Å²) in [4.78, 5) is 0.